The highest BCUT2D eigenvalue weighted by Crippen LogP contribution is 2.22. The van der Waals surface area contributed by atoms with Crippen LogP contribution in [-0.4, -0.2) is 23.4 Å². The van der Waals surface area contributed by atoms with Crippen molar-refractivity contribution in [1.82, 2.24) is 5.32 Å². The second kappa shape index (κ2) is 8.25. The molecule has 7 nitrogen and oxygen atoms in total. The van der Waals surface area contributed by atoms with Gasteiger partial charge in [0.1, 0.15) is 0 Å². The molecule has 0 unspecified atom stereocenters. The fraction of sp³-hybridized carbons (Fsp3) is 0.176. The molecule has 0 fully saturated rings. The molecule has 0 saturated carbocycles. The smallest absolute Gasteiger partial charge is 0.340 e. The SMILES string of the molecule is C[C@H](NC(=O)COC(=O)c1cc([N+](=O)[O-])ccc1Cl)c1ccccc1. The Balaban J connectivity index is 1.94. The summed E-state index contributed by atoms with van der Waals surface area (Å²) in [5.74, 6) is -1.40. The number of esters is 1. The second-order valence-electron chi connectivity index (χ2n) is 5.20. The van der Waals surface area contributed by atoms with E-state index in [1.54, 1.807) is 6.92 Å². The molecule has 8 heteroatoms. The van der Waals surface area contributed by atoms with Crippen molar-refractivity contribution >= 4 is 29.2 Å². The third-order valence-electron chi connectivity index (χ3n) is 3.39. The van der Waals surface area contributed by atoms with Gasteiger partial charge < -0.3 is 10.1 Å². The maximum Gasteiger partial charge on any atom is 0.340 e. The Morgan fingerprint density at radius 1 is 1.24 bits per heavy atom. The summed E-state index contributed by atoms with van der Waals surface area (Å²) in [5, 5.41) is 13.5. The summed E-state index contributed by atoms with van der Waals surface area (Å²) < 4.78 is 4.88. The third-order valence-corrected chi connectivity index (χ3v) is 3.72. The molecule has 0 spiro atoms. The van der Waals surface area contributed by atoms with E-state index in [2.05, 4.69) is 5.32 Å². The molecule has 1 amide bonds. The topological polar surface area (TPSA) is 98.5 Å². The standard InChI is InChI=1S/C17H15ClN2O5/c1-11(12-5-3-2-4-6-12)19-16(21)10-25-17(22)14-9-13(20(23)24)7-8-15(14)18/h2-9,11H,10H2,1H3,(H,19,21)/t11-/m0/s1. The van der Waals surface area contributed by atoms with Gasteiger partial charge in [-0.25, -0.2) is 4.79 Å². The number of amides is 1. The van der Waals surface area contributed by atoms with Crippen LogP contribution in [0.2, 0.25) is 5.02 Å². The van der Waals surface area contributed by atoms with Crippen LogP contribution in [0.3, 0.4) is 0 Å². The Bertz CT molecular complexity index is 795. The van der Waals surface area contributed by atoms with Gasteiger partial charge in [-0.3, -0.25) is 14.9 Å². The molecule has 0 aliphatic carbocycles. The average Bonchev–Trinajstić information content (AvgIpc) is 2.60. The van der Waals surface area contributed by atoms with Gasteiger partial charge in [0.2, 0.25) is 0 Å². The Hall–Kier alpha value is -2.93. The summed E-state index contributed by atoms with van der Waals surface area (Å²) in [5.41, 5.74) is 0.446. The van der Waals surface area contributed by atoms with Gasteiger partial charge in [-0.05, 0) is 18.6 Å². The van der Waals surface area contributed by atoms with Gasteiger partial charge >= 0.3 is 5.97 Å². The minimum absolute atomic E-state index is 0.00802. The number of halogens is 1. The Morgan fingerprint density at radius 3 is 2.56 bits per heavy atom. The fourth-order valence-corrected chi connectivity index (χ4v) is 2.29. The lowest BCUT2D eigenvalue weighted by molar-refractivity contribution is -0.384. The van der Waals surface area contributed by atoms with Crippen LogP contribution >= 0.6 is 11.6 Å². The zero-order valence-corrected chi connectivity index (χ0v) is 14.0. The Kier molecular flexibility index (Phi) is 6.08. The first-order valence-electron chi connectivity index (χ1n) is 7.34. The lowest BCUT2D eigenvalue weighted by atomic mass is 10.1. The maximum atomic E-state index is 12.0. The zero-order valence-electron chi connectivity index (χ0n) is 13.3. The van der Waals surface area contributed by atoms with Gasteiger partial charge in [-0.1, -0.05) is 41.9 Å². The molecule has 1 atom stereocenters. The van der Waals surface area contributed by atoms with Crippen molar-refractivity contribution in [2.24, 2.45) is 0 Å². The molecule has 1 N–H and O–H groups in total. The summed E-state index contributed by atoms with van der Waals surface area (Å²) in [6.45, 7) is 1.28. The molecular formula is C17H15ClN2O5. The van der Waals surface area contributed by atoms with Crippen molar-refractivity contribution in [1.29, 1.82) is 0 Å². The lowest BCUT2D eigenvalue weighted by Crippen LogP contribution is -2.31. The number of non-ortho nitro benzene ring substituents is 1. The molecule has 0 radical (unpaired) electrons. The van der Waals surface area contributed by atoms with E-state index in [4.69, 9.17) is 16.3 Å². The summed E-state index contributed by atoms with van der Waals surface area (Å²) >= 11 is 5.85. The third kappa shape index (κ3) is 5.02. The first-order valence-corrected chi connectivity index (χ1v) is 7.71. The van der Waals surface area contributed by atoms with Crippen LogP contribution in [0.25, 0.3) is 0 Å². The van der Waals surface area contributed by atoms with Gasteiger partial charge in [0, 0.05) is 12.1 Å². The fourth-order valence-electron chi connectivity index (χ4n) is 2.10. The number of carbonyl (C=O) groups excluding carboxylic acids is 2. The van der Waals surface area contributed by atoms with Crippen LogP contribution < -0.4 is 5.32 Å². The van der Waals surface area contributed by atoms with E-state index in [0.29, 0.717) is 0 Å². The van der Waals surface area contributed by atoms with Crippen molar-refractivity contribution in [3.8, 4) is 0 Å². The summed E-state index contributed by atoms with van der Waals surface area (Å²) in [6, 6.07) is 12.4. The molecular weight excluding hydrogens is 348 g/mol. The minimum atomic E-state index is -0.906. The Labute approximate surface area is 148 Å². The number of nitrogens with zero attached hydrogens (tertiary/aromatic N) is 1. The number of hydrogen-bond acceptors (Lipinski definition) is 5. The zero-order chi connectivity index (χ0) is 18.4. The molecule has 0 aromatic heterocycles. The summed E-state index contributed by atoms with van der Waals surface area (Å²) in [6.07, 6.45) is 0. The highest BCUT2D eigenvalue weighted by atomic mass is 35.5. The molecule has 2 rings (SSSR count). The Morgan fingerprint density at radius 2 is 1.92 bits per heavy atom. The number of carbonyl (C=O) groups is 2. The van der Waals surface area contributed by atoms with Crippen LogP contribution in [0.5, 0.6) is 0 Å². The van der Waals surface area contributed by atoms with Crippen molar-refractivity contribution < 1.29 is 19.2 Å². The van der Waals surface area contributed by atoms with Crippen molar-refractivity contribution in [3.63, 3.8) is 0 Å². The lowest BCUT2D eigenvalue weighted by Gasteiger charge is -2.14. The van der Waals surface area contributed by atoms with Gasteiger partial charge in [0.05, 0.1) is 21.6 Å². The number of benzene rings is 2. The molecule has 2 aromatic rings. The van der Waals surface area contributed by atoms with E-state index < -0.39 is 23.4 Å². The van der Waals surface area contributed by atoms with E-state index in [0.717, 1.165) is 11.6 Å². The normalized spacial score (nSPS) is 11.4. The van der Waals surface area contributed by atoms with Crippen molar-refractivity contribution in [2.45, 2.75) is 13.0 Å². The summed E-state index contributed by atoms with van der Waals surface area (Å²) in [7, 11) is 0. The number of rotatable bonds is 6. The van der Waals surface area contributed by atoms with Crippen molar-refractivity contribution in [3.05, 3.63) is 74.8 Å². The monoisotopic (exact) mass is 362 g/mol. The number of nitro groups is 1. The van der Waals surface area contributed by atoms with Gasteiger partial charge in [0.15, 0.2) is 6.61 Å². The highest BCUT2D eigenvalue weighted by Gasteiger charge is 2.18. The van der Waals surface area contributed by atoms with E-state index in [-0.39, 0.29) is 22.3 Å². The highest BCUT2D eigenvalue weighted by molar-refractivity contribution is 6.33. The van der Waals surface area contributed by atoms with Crippen LogP contribution in [0.4, 0.5) is 5.69 Å². The minimum Gasteiger partial charge on any atom is -0.452 e. The summed E-state index contributed by atoms with van der Waals surface area (Å²) in [4.78, 5) is 34.0. The second-order valence-corrected chi connectivity index (χ2v) is 5.60. The molecule has 0 heterocycles. The van der Waals surface area contributed by atoms with Crippen LogP contribution in [0.1, 0.15) is 28.9 Å². The molecule has 0 saturated heterocycles. The van der Waals surface area contributed by atoms with Crippen molar-refractivity contribution in [2.75, 3.05) is 6.61 Å². The molecule has 25 heavy (non-hydrogen) atoms. The average molecular weight is 363 g/mol. The van der Waals surface area contributed by atoms with E-state index in [9.17, 15) is 19.7 Å². The number of nitrogens with one attached hydrogen (secondary N) is 1. The van der Waals surface area contributed by atoms with Gasteiger partial charge in [-0.2, -0.15) is 0 Å². The van der Waals surface area contributed by atoms with Gasteiger partial charge in [-0.15, -0.1) is 0 Å². The van der Waals surface area contributed by atoms with E-state index in [1.165, 1.54) is 12.1 Å². The first-order chi connectivity index (χ1) is 11.9. The van der Waals surface area contributed by atoms with Crippen LogP contribution in [0.15, 0.2) is 48.5 Å². The largest absolute Gasteiger partial charge is 0.452 e. The number of hydrogen-bond donors (Lipinski definition) is 1. The quantitative estimate of drug-likeness (QED) is 0.483. The first kappa shape index (κ1) is 18.4. The molecule has 0 aliphatic heterocycles. The number of nitro benzene ring substituents is 1. The molecule has 0 bridgehead atoms. The molecule has 0 aliphatic rings. The van der Waals surface area contributed by atoms with E-state index in [1.807, 2.05) is 30.3 Å². The predicted molar refractivity (Wildman–Crippen MR) is 91.4 cm³/mol. The van der Waals surface area contributed by atoms with Gasteiger partial charge in [0.25, 0.3) is 11.6 Å². The van der Waals surface area contributed by atoms with E-state index >= 15 is 0 Å². The van der Waals surface area contributed by atoms with Crippen LogP contribution in [0, 0.1) is 10.1 Å². The molecule has 130 valence electrons. The maximum absolute atomic E-state index is 12.0. The number of ether oxygens (including phenoxy) is 1. The predicted octanol–water partition coefficient (Wildman–Crippen LogP) is 3.28. The molecule has 2 aromatic carbocycles. The van der Waals surface area contributed by atoms with Crippen LogP contribution in [-0.2, 0) is 9.53 Å².